The fourth-order valence-electron chi connectivity index (χ4n) is 3.10. The van der Waals surface area contributed by atoms with E-state index in [9.17, 15) is 34.8 Å². The SMILES string of the molecule is N=C(NS(=O)(=O)c1ccc(C(F)(F)F)cn1)[C@@H]1CC[C@@H]2CN1C(=O)N2OS(=O)(=O)O. The fourth-order valence-corrected chi connectivity index (χ4v) is 4.46. The van der Waals surface area contributed by atoms with Gasteiger partial charge in [0.05, 0.1) is 17.6 Å². The van der Waals surface area contributed by atoms with Crippen molar-refractivity contribution in [1.29, 1.82) is 5.41 Å². The van der Waals surface area contributed by atoms with Gasteiger partial charge in [0.2, 0.25) is 0 Å². The molecule has 2 amide bonds. The molecule has 0 unspecified atom stereocenters. The van der Waals surface area contributed by atoms with Gasteiger partial charge in [0.1, 0.15) is 5.84 Å². The molecule has 0 aromatic carbocycles. The van der Waals surface area contributed by atoms with E-state index in [2.05, 4.69) is 9.27 Å². The lowest BCUT2D eigenvalue weighted by Crippen LogP contribution is -2.50. The number of nitrogens with zero attached hydrogens (tertiary/aromatic N) is 3. The number of amides is 2. The molecule has 0 aliphatic carbocycles. The summed E-state index contributed by atoms with van der Waals surface area (Å²) in [6.45, 7) is -0.0956. The predicted molar refractivity (Wildman–Crippen MR) is 90.7 cm³/mol. The van der Waals surface area contributed by atoms with Crippen molar-refractivity contribution in [2.75, 3.05) is 6.54 Å². The zero-order valence-corrected chi connectivity index (χ0v) is 16.3. The number of rotatable bonds is 5. The molecule has 2 aliphatic rings. The number of hydroxylamine groups is 2. The molecule has 1 aromatic heterocycles. The number of amidine groups is 1. The number of nitrogens with one attached hydrogen (secondary N) is 2. The van der Waals surface area contributed by atoms with Gasteiger partial charge in [-0.1, -0.05) is 0 Å². The lowest BCUT2D eigenvalue weighted by molar-refractivity contribution is -0.137. The van der Waals surface area contributed by atoms with Gasteiger partial charge < -0.3 is 4.90 Å². The van der Waals surface area contributed by atoms with Crippen molar-refractivity contribution in [1.82, 2.24) is 19.7 Å². The average molecular weight is 473 g/mol. The highest BCUT2D eigenvalue weighted by atomic mass is 32.3. The van der Waals surface area contributed by atoms with E-state index in [0.29, 0.717) is 23.4 Å². The minimum absolute atomic E-state index is 0.0591. The predicted octanol–water partition coefficient (Wildman–Crippen LogP) is 0.359. The van der Waals surface area contributed by atoms with Gasteiger partial charge in [0, 0.05) is 12.7 Å². The monoisotopic (exact) mass is 473 g/mol. The summed E-state index contributed by atoms with van der Waals surface area (Å²) in [5.74, 6) is -0.669. The molecule has 3 rings (SSSR count). The molecule has 166 valence electrons. The number of urea groups is 1. The molecule has 3 N–H and O–H groups in total. The summed E-state index contributed by atoms with van der Waals surface area (Å²) < 4.78 is 99.0. The minimum atomic E-state index is -4.97. The number of hydrogen-bond donors (Lipinski definition) is 3. The highest BCUT2D eigenvalue weighted by Crippen LogP contribution is 2.31. The van der Waals surface area contributed by atoms with Crippen molar-refractivity contribution < 1.29 is 43.6 Å². The van der Waals surface area contributed by atoms with Crippen LogP contribution in [-0.4, -0.2) is 66.8 Å². The maximum Gasteiger partial charge on any atom is 0.418 e. The molecular formula is C13H14F3N5O7S2. The van der Waals surface area contributed by atoms with Crippen molar-refractivity contribution in [3.63, 3.8) is 0 Å². The lowest BCUT2D eigenvalue weighted by atomic mass is 10.0. The molecule has 0 radical (unpaired) electrons. The van der Waals surface area contributed by atoms with Crippen LogP contribution in [0.3, 0.4) is 0 Å². The number of alkyl halides is 3. The summed E-state index contributed by atoms with van der Waals surface area (Å²) in [7, 11) is -9.49. The Kier molecular flexibility index (Phi) is 5.42. The molecule has 2 saturated heterocycles. The van der Waals surface area contributed by atoms with Gasteiger partial charge in [-0.2, -0.15) is 35.1 Å². The van der Waals surface area contributed by atoms with Crippen LogP contribution < -0.4 is 4.72 Å². The number of carbonyl (C=O) groups is 1. The van der Waals surface area contributed by atoms with Crippen LogP contribution in [0.2, 0.25) is 0 Å². The van der Waals surface area contributed by atoms with Gasteiger partial charge in [-0.05, 0) is 25.0 Å². The maximum atomic E-state index is 12.6. The summed E-state index contributed by atoms with van der Waals surface area (Å²) >= 11 is 0. The Morgan fingerprint density at radius 2 is 1.93 bits per heavy atom. The van der Waals surface area contributed by atoms with Gasteiger partial charge in [-0.15, -0.1) is 4.28 Å². The first-order valence-electron chi connectivity index (χ1n) is 8.10. The van der Waals surface area contributed by atoms with E-state index in [-0.39, 0.29) is 19.4 Å². The highest BCUT2D eigenvalue weighted by molar-refractivity contribution is 7.90. The van der Waals surface area contributed by atoms with E-state index in [0.717, 1.165) is 4.90 Å². The van der Waals surface area contributed by atoms with Crippen molar-refractivity contribution in [2.24, 2.45) is 0 Å². The molecule has 30 heavy (non-hydrogen) atoms. The van der Waals surface area contributed by atoms with Crippen molar-refractivity contribution >= 4 is 32.3 Å². The standard InChI is InChI=1S/C13H14F3N5O7S2/c14-13(15,16)7-1-4-10(18-5-7)29(23,24)19-11(17)9-3-2-8-6-20(9)12(22)21(8)28-30(25,26)27/h1,4-5,8-9H,2-3,6H2,(H2,17,19)(H,25,26,27)/t8-,9+/m1/s1. The fraction of sp³-hybridized carbons (Fsp3) is 0.462. The number of carbonyl (C=O) groups excluding carboxylic acids is 1. The van der Waals surface area contributed by atoms with Gasteiger partial charge in [-0.25, -0.2) is 9.78 Å². The topological polar surface area (TPSA) is 170 Å². The summed E-state index contributed by atoms with van der Waals surface area (Å²) in [6, 6.07) is -1.70. The van der Waals surface area contributed by atoms with Crippen LogP contribution in [0.4, 0.5) is 18.0 Å². The van der Waals surface area contributed by atoms with Crippen LogP contribution in [0, 0.1) is 5.41 Å². The summed E-state index contributed by atoms with van der Waals surface area (Å²) in [6.07, 6.45) is -4.19. The van der Waals surface area contributed by atoms with Crippen LogP contribution in [-0.2, 0) is 30.9 Å². The summed E-state index contributed by atoms with van der Waals surface area (Å²) in [5.41, 5.74) is -1.16. The van der Waals surface area contributed by atoms with E-state index in [1.807, 2.05) is 4.72 Å². The summed E-state index contributed by atoms with van der Waals surface area (Å²) in [4.78, 5) is 16.5. The first-order chi connectivity index (χ1) is 13.7. The molecule has 17 heteroatoms. The molecule has 12 nitrogen and oxygen atoms in total. The van der Waals surface area contributed by atoms with Crippen LogP contribution >= 0.6 is 0 Å². The molecule has 2 atom stereocenters. The normalized spacial score (nSPS) is 22.3. The van der Waals surface area contributed by atoms with E-state index < -0.39 is 61.1 Å². The largest absolute Gasteiger partial charge is 0.418 e. The Hall–Kier alpha value is -2.50. The number of sulfonamides is 1. The van der Waals surface area contributed by atoms with Crippen molar-refractivity contribution in [3.8, 4) is 0 Å². The third kappa shape index (κ3) is 4.47. The number of piperidine rings is 1. The first kappa shape index (κ1) is 22.2. The number of aromatic nitrogens is 1. The molecular weight excluding hydrogens is 459 g/mol. The highest BCUT2D eigenvalue weighted by Gasteiger charge is 2.49. The number of halogens is 3. The van der Waals surface area contributed by atoms with Gasteiger partial charge in [0.15, 0.2) is 5.03 Å². The Balaban J connectivity index is 1.74. The first-order valence-corrected chi connectivity index (χ1v) is 11.0. The molecule has 1 aromatic rings. The third-order valence-corrected chi connectivity index (χ3v) is 6.04. The molecule has 2 bridgehead atoms. The van der Waals surface area contributed by atoms with Crippen LogP contribution in [0.25, 0.3) is 0 Å². The van der Waals surface area contributed by atoms with Crippen LogP contribution in [0.15, 0.2) is 23.4 Å². The molecule has 0 saturated carbocycles. The van der Waals surface area contributed by atoms with Crippen LogP contribution in [0.1, 0.15) is 18.4 Å². The van der Waals surface area contributed by atoms with Gasteiger partial charge in [0.25, 0.3) is 10.0 Å². The Morgan fingerprint density at radius 3 is 2.47 bits per heavy atom. The quantitative estimate of drug-likeness (QED) is 0.313. The second-order valence-corrected chi connectivity index (χ2v) is 9.05. The van der Waals surface area contributed by atoms with Crippen molar-refractivity contribution in [3.05, 3.63) is 23.9 Å². The average Bonchev–Trinajstić information content (AvgIpc) is 2.84. The van der Waals surface area contributed by atoms with Crippen molar-refractivity contribution in [2.45, 2.75) is 36.1 Å². The Labute approximate surface area is 168 Å². The number of fused-ring (bicyclic) bond motifs is 2. The molecule has 0 spiro atoms. The van der Waals surface area contributed by atoms with E-state index in [1.54, 1.807) is 0 Å². The number of hydrogen-bond acceptors (Lipinski definition) is 8. The lowest BCUT2D eigenvalue weighted by Gasteiger charge is -2.30. The van der Waals surface area contributed by atoms with E-state index >= 15 is 0 Å². The van der Waals surface area contributed by atoms with E-state index in [1.165, 1.54) is 0 Å². The molecule has 2 aliphatic heterocycles. The van der Waals surface area contributed by atoms with Gasteiger partial charge >= 0.3 is 22.6 Å². The molecule has 3 heterocycles. The molecule has 2 fully saturated rings. The van der Waals surface area contributed by atoms with E-state index in [4.69, 9.17) is 9.96 Å². The Bertz CT molecular complexity index is 1080. The smallest absolute Gasteiger partial charge is 0.310 e. The maximum absolute atomic E-state index is 12.6. The summed E-state index contributed by atoms with van der Waals surface area (Å²) in [5, 5.41) is 7.66. The second-order valence-electron chi connectivity index (χ2n) is 6.41. The zero-order chi connectivity index (χ0) is 22.5. The van der Waals surface area contributed by atoms with Gasteiger partial charge in [-0.3, -0.25) is 14.7 Å². The van der Waals surface area contributed by atoms with Crippen LogP contribution in [0.5, 0.6) is 0 Å². The number of pyridine rings is 1. The Morgan fingerprint density at radius 1 is 1.27 bits per heavy atom. The zero-order valence-electron chi connectivity index (χ0n) is 14.7. The third-order valence-electron chi connectivity index (χ3n) is 4.41. The minimum Gasteiger partial charge on any atom is -0.310 e. The second kappa shape index (κ2) is 7.33.